The molecule has 0 aromatic carbocycles. The molecule has 0 radical (unpaired) electrons. The maximum atomic E-state index is 9.61. The van der Waals surface area contributed by atoms with Gasteiger partial charge in [0, 0.05) is 0 Å². The smallest absolute Gasteiger partial charge is 0.164 e. The number of aliphatic hydroxyl groups excluding tert-OH is 2. The molecule has 0 spiro atoms. The van der Waals surface area contributed by atoms with Gasteiger partial charge < -0.3 is 19.7 Å². The fourth-order valence-electron chi connectivity index (χ4n) is 2.35. The van der Waals surface area contributed by atoms with E-state index < -0.39 is 17.5 Å². The van der Waals surface area contributed by atoms with Crippen LogP contribution in [-0.4, -0.2) is 40.4 Å². The molecular formula is C9H16O4. The van der Waals surface area contributed by atoms with Crippen LogP contribution in [0.15, 0.2) is 0 Å². The summed E-state index contributed by atoms with van der Waals surface area (Å²) in [6.45, 7) is 3.52. The Bertz CT molecular complexity index is 216. The molecule has 76 valence electrons. The molecule has 1 saturated heterocycles. The molecule has 3 atom stereocenters. The van der Waals surface area contributed by atoms with Crippen LogP contribution in [0, 0.1) is 0 Å². The molecule has 13 heavy (non-hydrogen) atoms. The summed E-state index contributed by atoms with van der Waals surface area (Å²) >= 11 is 0. The lowest BCUT2D eigenvalue weighted by molar-refractivity contribution is -0.179. The molecule has 4 heteroatoms. The van der Waals surface area contributed by atoms with E-state index in [0.29, 0.717) is 12.8 Å². The van der Waals surface area contributed by atoms with Crippen molar-refractivity contribution in [3.8, 4) is 0 Å². The number of fused-ring (bicyclic) bond motifs is 1. The second-order valence-electron chi connectivity index (χ2n) is 4.37. The molecule has 1 aliphatic carbocycles. The van der Waals surface area contributed by atoms with Crippen molar-refractivity contribution in [1.29, 1.82) is 0 Å². The first-order valence-electron chi connectivity index (χ1n) is 4.66. The monoisotopic (exact) mass is 188 g/mol. The Hall–Kier alpha value is -0.160. The molecule has 0 aromatic heterocycles. The second-order valence-corrected chi connectivity index (χ2v) is 4.37. The molecule has 2 rings (SSSR count). The van der Waals surface area contributed by atoms with Gasteiger partial charge in [0.25, 0.3) is 0 Å². The first-order chi connectivity index (χ1) is 5.99. The third-order valence-electron chi connectivity index (χ3n) is 2.86. The van der Waals surface area contributed by atoms with Crippen molar-refractivity contribution in [2.75, 3.05) is 6.61 Å². The maximum absolute atomic E-state index is 9.61. The molecule has 0 unspecified atom stereocenters. The highest BCUT2D eigenvalue weighted by Gasteiger charge is 2.59. The molecule has 0 aromatic rings. The summed E-state index contributed by atoms with van der Waals surface area (Å²) in [7, 11) is 0. The quantitative estimate of drug-likeness (QED) is 0.609. The molecule has 4 nitrogen and oxygen atoms in total. The van der Waals surface area contributed by atoms with Crippen LogP contribution in [-0.2, 0) is 9.47 Å². The summed E-state index contributed by atoms with van der Waals surface area (Å²) in [5, 5.41) is 18.9. The van der Waals surface area contributed by atoms with Crippen molar-refractivity contribution in [3.63, 3.8) is 0 Å². The van der Waals surface area contributed by atoms with E-state index in [2.05, 4.69) is 0 Å². The van der Waals surface area contributed by atoms with Crippen LogP contribution in [0.3, 0.4) is 0 Å². The van der Waals surface area contributed by atoms with Crippen molar-refractivity contribution in [3.05, 3.63) is 0 Å². The Morgan fingerprint density at radius 1 is 1.46 bits per heavy atom. The summed E-state index contributed by atoms with van der Waals surface area (Å²) in [5.41, 5.74) is -0.664. The summed E-state index contributed by atoms with van der Waals surface area (Å²) in [5.74, 6) is -0.686. The van der Waals surface area contributed by atoms with Gasteiger partial charge in [0.2, 0.25) is 0 Å². The van der Waals surface area contributed by atoms with Gasteiger partial charge in [0.05, 0.1) is 12.7 Å². The summed E-state index contributed by atoms with van der Waals surface area (Å²) < 4.78 is 11.2. The minimum atomic E-state index is -0.686. The average molecular weight is 188 g/mol. The Balaban J connectivity index is 2.24. The fourth-order valence-corrected chi connectivity index (χ4v) is 2.35. The number of hydrogen-bond acceptors (Lipinski definition) is 4. The van der Waals surface area contributed by atoms with Gasteiger partial charge in [0.15, 0.2) is 5.79 Å². The van der Waals surface area contributed by atoms with E-state index in [1.807, 2.05) is 0 Å². The lowest BCUT2D eigenvalue weighted by Gasteiger charge is -2.25. The van der Waals surface area contributed by atoms with Gasteiger partial charge in [0.1, 0.15) is 11.7 Å². The van der Waals surface area contributed by atoms with Crippen LogP contribution in [0.25, 0.3) is 0 Å². The lowest BCUT2D eigenvalue weighted by Crippen LogP contribution is -2.42. The number of aliphatic hydroxyl groups is 2. The summed E-state index contributed by atoms with van der Waals surface area (Å²) in [4.78, 5) is 0. The summed E-state index contributed by atoms with van der Waals surface area (Å²) in [6, 6.07) is 0. The molecule has 2 fully saturated rings. The predicted molar refractivity (Wildman–Crippen MR) is 45.1 cm³/mol. The molecule has 0 amide bonds. The van der Waals surface area contributed by atoms with Crippen molar-refractivity contribution >= 4 is 0 Å². The van der Waals surface area contributed by atoms with E-state index in [-0.39, 0.29) is 12.7 Å². The van der Waals surface area contributed by atoms with E-state index >= 15 is 0 Å². The van der Waals surface area contributed by atoms with Crippen LogP contribution in [0.2, 0.25) is 0 Å². The Morgan fingerprint density at radius 3 is 2.69 bits per heavy atom. The first kappa shape index (κ1) is 9.40. The van der Waals surface area contributed by atoms with Crippen LogP contribution in [0.5, 0.6) is 0 Å². The molecule has 1 heterocycles. The Kier molecular flexibility index (Phi) is 1.93. The zero-order valence-corrected chi connectivity index (χ0v) is 7.99. The van der Waals surface area contributed by atoms with Crippen LogP contribution in [0.4, 0.5) is 0 Å². The topological polar surface area (TPSA) is 58.9 Å². The Morgan fingerprint density at radius 2 is 2.15 bits per heavy atom. The van der Waals surface area contributed by atoms with Crippen molar-refractivity contribution in [2.45, 2.75) is 50.3 Å². The van der Waals surface area contributed by atoms with Gasteiger partial charge in [-0.2, -0.15) is 0 Å². The van der Waals surface area contributed by atoms with Gasteiger partial charge in [-0.05, 0) is 26.7 Å². The standard InChI is InChI=1S/C9H16O4/c1-8(2)12-7-6(11)3-4-9(7,5-10)13-8/h6-7,10-11H,3-5H2,1-2H3/t6-,7-,9-/m0/s1. The van der Waals surface area contributed by atoms with E-state index in [1.165, 1.54) is 0 Å². The Labute approximate surface area is 77.5 Å². The van der Waals surface area contributed by atoms with Gasteiger partial charge in [-0.3, -0.25) is 0 Å². The van der Waals surface area contributed by atoms with Gasteiger partial charge in [-0.15, -0.1) is 0 Å². The zero-order valence-electron chi connectivity index (χ0n) is 7.99. The largest absolute Gasteiger partial charge is 0.393 e. The average Bonchev–Trinajstić information content (AvgIpc) is 2.47. The van der Waals surface area contributed by atoms with E-state index in [4.69, 9.17) is 9.47 Å². The maximum Gasteiger partial charge on any atom is 0.164 e. The lowest BCUT2D eigenvalue weighted by atomic mass is 10.0. The van der Waals surface area contributed by atoms with Crippen molar-refractivity contribution in [2.24, 2.45) is 0 Å². The van der Waals surface area contributed by atoms with Crippen LogP contribution < -0.4 is 0 Å². The van der Waals surface area contributed by atoms with E-state index in [9.17, 15) is 10.2 Å². The summed E-state index contributed by atoms with van der Waals surface area (Å²) in [6.07, 6.45) is 0.432. The van der Waals surface area contributed by atoms with E-state index in [0.717, 1.165) is 0 Å². The highest BCUT2D eigenvalue weighted by Crippen LogP contribution is 2.46. The molecule has 2 N–H and O–H groups in total. The fraction of sp³-hybridized carbons (Fsp3) is 1.00. The number of ether oxygens (including phenoxy) is 2. The third-order valence-corrected chi connectivity index (χ3v) is 2.86. The van der Waals surface area contributed by atoms with Gasteiger partial charge in [-0.25, -0.2) is 0 Å². The molecule has 1 saturated carbocycles. The van der Waals surface area contributed by atoms with Crippen molar-refractivity contribution < 1.29 is 19.7 Å². The van der Waals surface area contributed by atoms with Crippen molar-refractivity contribution in [1.82, 2.24) is 0 Å². The SMILES string of the molecule is CC1(C)O[C@H]2[C@@H](O)CC[C@@]2(CO)O1. The molecular weight excluding hydrogens is 172 g/mol. The highest BCUT2D eigenvalue weighted by atomic mass is 16.8. The molecule has 1 aliphatic heterocycles. The van der Waals surface area contributed by atoms with Crippen LogP contribution in [0.1, 0.15) is 26.7 Å². The predicted octanol–water partition coefficient (Wildman–Crippen LogP) is 0.0237. The number of hydrogen-bond donors (Lipinski definition) is 2. The van der Waals surface area contributed by atoms with Crippen LogP contribution >= 0.6 is 0 Å². The third kappa shape index (κ3) is 1.29. The minimum absolute atomic E-state index is 0.0852. The molecule has 2 aliphatic rings. The second kappa shape index (κ2) is 2.67. The highest BCUT2D eigenvalue weighted by molar-refractivity contribution is 5.04. The molecule has 0 bridgehead atoms. The van der Waals surface area contributed by atoms with E-state index in [1.54, 1.807) is 13.8 Å². The normalized spacial score (nSPS) is 48.0. The minimum Gasteiger partial charge on any atom is -0.393 e. The van der Waals surface area contributed by atoms with Gasteiger partial charge >= 0.3 is 0 Å². The van der Waals surface area contributed by atoms with Gasteiger partial charge in [-0.1, -0.05) is 0 Å². The zero-order chi connectivity index (χ0) is 9.69. The first-order valence-corrected chi connectivity index (χ1v) is 4.66. The number of rotatable bonds is 1.